The maximum absolute atomic E-state index is 12.9. The molecule has 5 heteroatoms. The monoisotopic (exact) mass is 237 g/mol. The molecule has 90 valence electrons. The normalized spacial score (nSPS) is 10.5. The molecular formula is C12H13F2N3. The highest BCUT2D eigenvalue weighted by atomic mass is 19.1. The van der Waals surface area contributed by atoms with Crippen LogP contribution in [-0.2, 0) is 6.54 Å². The summed E-state index contributed by atoms with van der Waals surface area (Å²) in [5.41, 5.74) is 0.466. The SMILES string of the molecule is Fc1cc(F)cc(NCCCn2ccnc2)c1. The minimum absolute atomic E-state index is 0.466. The molecule has 0 radical (unpaired) electrons. The van der Waals surface area contributed by atoms with E-state index in [4.69, 9.17) is 0 Å². The molecule has 0 saturated carbocycles. The average molecular weight is 237 g/mol. The molecule has 0 bridgehead atoms. The highest BCUT2D eigenvalue weighted by molar-refractivity contribution is 5.43. The second-order valence-electron chi connectivity index (χ2n) is 3.74. The zero-order valence-corrected chi connectivity index (χ0v) is 9.24. The summed E-state index contributed by atoms with van der Waals surface area (Å²) in [6, 6.07) is 3.41. The third kappa shape index (κ3) is 3.55. The van der Waals surface area contributed by atoms with Gasteiger partial charge >= 0.3 is 0 Å². The summed E-state index contributed by atoms with van der Waals surface area (Å²) < 4.78 is 27.7. The molecule has 1 heterocycles. The van der Waals surface area contributed by atoms with E-state index in [2.05, 4.69) is 10.3 Å². The predicted molar refractivity (Wildman–Crippen MR) is 61.7 cm³/mol. The number of hydrogen-bond donors (Lipinski definition) is 1. The Hall–Kier alpha value is -1.91. The van der Waals surface area contributed by atoms with Gasteiger partial charge in [0.25, 0.3) is 0 Å². The lowest BCUT2D eigenvalue weighted by atomic mass is 10.3. The van der Waals surface area contributed by atoms with E-state index in [9.17, 15) is 8.78 Å². The number of hydrogen-bond acceptors (Lipinski definition) is 2. The summed E-state index contributed by atoms with van der Waals surface area (Å²) in [6.45, 7) is 1.48. The standard InChI is InChI=1S/C12H13F2N3/c13-10-6-11(14)8-12(7-10)16-2-1-4-17-5-3-15-9-17/h3,5-9,16H,1-2,4H2. The Morgan fingerprint density at radius 2 is 1.94 bits per heavy atom. The van der Waals surface area contributed by atoms with Gasteiger partial charge in [-0.1, -0.05) is 0 Å². The lowest BCUT2D eigenvalue weighted by molar-refractivity contribution is 0.583. The molecule has 2 aromatic rings. The van der Waals surface area contributed by atoms with Gasteiger partial charge in [0.05, 0.1) is 6.33 Å². The van der Waals surface area contributed by atoms with E-state index in [1.54, 1.807) is 12.5 Å². The van der Waals surface area contributed by atoms with Gasteiger partial charge in [-0.25, -0.2) is 13.8 Å². The Morgan fingerprint density at radius 3 is 2.59 bits per heavy atom. The van der Waals surface area contributed by atoms with Crippen molar-refractivity contribution in [3.8, 4) is 0 Å². The van der Waals surface area contributed by atoms with Crippen molar-refractivity contribution in [3.63, 3.8) is 0 Å². The first-order chi connectivity index (χ1) is 8.24. The predicted octanol–water partition coefficient (Wildman–Crippen LogP) is 2.66. The van der Waals surface area contributed by atoms with Crippen LogP contribution in [0.2, 0.25) is 0 Å². The Bertz CT molecular complexity index is 448. The second-order valence-corrected chi connectivity index (χ2v) is 3.74. The quantitative estimate of drug-likeness (QED) is 0.810. The summed E-state index contributed by atoms with van der Waals surface area (Å²) in [5, 5.41) is 2.98. The Kier molecular flexibility index (Phi) is 3.69. The van der Waals surface area contributed by atoms with E-state index in [1.807, 2.05) is 10.8 Å². The van der Waals surface area contributed by atoms with E-state index in [0.29, 0.717) is 12.2 Å². The minimum Gasteiger partial charge on any atom is -0.385 e. The zero-order chi connectivity index (χ0) is 12.1. The Morgan fingerprint density at radius 1 is 1.18 bits per heavy atom. The van der Waals surface area contributed by atoms with Crippen LogP contribution in [0.1, 0.15) is 6.42 Å². The number of nitrogens with zero attached hydrogens (tertiary/aromatic N) is 2. The molecular weight excluding hydrogens is 224 g/mol. The van der Waals surface area contributed by atoms with Crippen LogP contribution in [0.25, 0.3) is 0 Å². The fourth-order valence-electron chi connectivity index (χ4n) is 1.57. The van der Waals surface area contributed by atoms with Crippen molar-refractivity contribution in [1.29, 1.82) is 0 Å². The number of rotatable bonds is 5. The van der Waals surface area contributed by atoms with Crippen molar-refractivity contribution >= 4 is 5.69 Å². The van der Waals surface area contributed by atoms with E-state index in [0.717, 1.165) is 19.0 Å². The molecule has 0 amide bonds. The number of imidazole rings is 1. The number of aryl methyl sites for hydroxylation is 1. The molecule has 3 nitrogen and oxygen atoms in total. The summed E-state index contributed by atoms with van der Waals surface area (Å²) in [7, 11) is 0. The molecule has 0 aliphatic carbocycles. The van der Waals surface area contributed by atoms with Crippen LogP contribution in [0.4, 0.5) is 14.5 Å². The Balaban J connectivity index is 1.78. The van der Waals surface area contributed by atoms with Crippen LogP contribution in [0.15, 0.2) is 36.9 Å². The molecule has 0 atom stereocenters. The van der Waals surface area contributed by atoms with Gasteiger partial charge in [0.15, 0.2) is 0 Å². The van der Waals surface area contributed by atoms with Crippen LogP contribution in [0.3, 0.4) is 0 Å². The minimum atomic E-state index is -0.567. The van der Waals surface area contributed by atoms with E-state index in [1.165, 1.54) is 12.1 Å². The van der Waals surface area contributed by atoms with Gasteiger partial charge in [-0.05, 0) is 18.6 Å². The van der Waals surface area contributed by atoms with Crippen molar-refractivity contribution < 1.29 is 8.78 Å². The van der Waals surface area contributed by atoms with E-state index < -0.39 is 11.6 Å². The summed E-state index contributed by atoms with van der Waals surface area (Å²) in [5.74, 6) is -1.13. The van der Waals surface area contributed by atoms with Crippen molar-refractivity contribution in [2.45, 2.75) is 13.0 Å². The second kappa shape index (κ2) is 5.43. The van der Waals surface area contributed by atoms with Gasteiger partial charge in [-0.3, -0.25) is 0 Å². The largest absolute Gasteiger partial charge is 0.385 e. The number of nitrogens with one attached hydrogen (secondary N) is 1. The van der Waals surface area contributed by atoms with Crippen molar-refractivity contribution in [1.82, 2.24) is 9.55 Å². The zero-order valence-electron chi connectivity index (χ0n) is 9.24. The Labute approximate surface area is 98.1 Å². The van der Waals surface area contributed by atoms with Gasteiger partial charge in [-0.2, -0.15) is 0 Å². The molecule has 17 heavy (non-hydrogen) atoms. The summed E-state index contributed by atoms with van der Waals surface area (Å²) in [4.78, 5) is 3.93. The first-order valence-electron chi connectivity index (χ1n) is 5.40. The fraction of sp³-hybridized carbons (Fsp3) is 0.250. The molecule has 1 aromatic carbocycles. The lowest BCUT2D eigenvalue weighted by Crippen LogP contribution is -2.06. The third-order valence-electron chi connectivity index (χ3n) is 2.34. The molecule has 0 unspecified atom stereocenters. The smallest absolute Gasteiger partial charge is 0.128 e. The van der Waals surface area contributed by atoms with Crippen LogP contribution in [-0.4, -0.2) is 16.1 Å². The van der Waals surface area contributed by atoms with Crippen molar-refractivity contribution in [3.05, 3.63) is 48.6 Å². The molecule has 0 aliphatic rings. The fourth-order valence-corrected chi connectivity index (χ4v) is 1.57. The average Bonchev–Trinajstić information content (AvgIpc) is 2.76. The summed E-state index contributed by atoms with van der Waals surface area (Å²) in [6.07, 6.45) is 6.19. The van der Waals surface area contributed by atoms with Crippen LogP contribution < -0.4 is 5.32 Å². The van der Waals surface area contributed by atoms with Crippen molar-refractivity contribution in [2.75, 3.05) is 11.9 Å². The number of anilines is 1. The van der Waals surface area contributed by atoms with E-state index in [-0.39, 0.29) is 0 Å². The lowest BCUT2D eigenvalue weighted by Gasteiger charge is -2.07. The maximum Gasteiger partial charge on any atom is 0.128 e. The molecule has 0 saturated heterocycles. The molecule has 0 aliphatic heterocycles. The third-order valence-corrected chi connectivity index (χ3v) is 2.34. The number of aromatic nitrogens is 2. The topological polar surface area (TPSA) is 29.9 Å². The first kappa shape index (κ1) is 11.6. The molecule has 0 spiro atoms. The van der Waals surface area contributed by atoms with Crippen LogP contribution >= 0.6 is 0 Å². The number of benzene rings is 1. The first-order valence-corrected chi connectivity index (χ1v) is 5.40. The maximum atomic E-state index is 12.9. The molecule has 1 N–H and O–H groups in total. The van der Waals surface area contributed by atoms with Crippen molar-refractivity contribution in [2.24, 2.45) is 0 Å². The molecule has 0 fully saturated rings. The van der Waals surface area contributed by atoms with Crippen LogP contribution in [0.5, 0.6) is 0 Å². The summed E-state index contributed by atoms with van der Waals surface area (Å²) >= 11 is 0. The highest BCUT2D eigenvalue weighted by Crippen LogP contribution is 2.12. The highest BCUT2D eigenvalue weighted by Gasteiger charge is 1.99. The van der Waals surface area contributed by atoms with Gasteiger partial charge in [0.2, 0.25) is 0 Å². The molecule has 1 aromatic heterocycles. The van der Waals surface area contributed by atoms with Gasteiger partial charge in [-0.15, -0.1) is 0 Å². The molecule has 2 rings (SSSR count). The van der Waals surface area contributed by atoms with Crippen LogP contribution in [0, 0.1) is 11.6 Å². The number of halogens is 2. The van der Waals surface area contributed by atoms with Gasteiger partial charge < -0.3 is 9.88 Å². The van der Waals surface area contributed by atoms with Gasteiger partial charge in [0, 0.05) is 37.2 Å². The van der Waals surface area contributed by atoms with Gasteiger partial charge in [0.1, 0.15) is 11.6 Å². The van der Waals surface area contributed by atoms with E-state index >= 15 is 0 Å².